The molecule has 2 aromatic carbocycles. The first kappa shape index (κ1) is 24.9. The average molecular weight is 451 g/mol. The maximum atomic E-state index is 13.0. The van der Waals surface area contributed by atoms with Crippen LogP contribution in [0.15, 0.2) is 42.5 Å². The second kappa shape index (κ2) is 11.4. The first-order chi connectivity index (χ1) is 15.8. The lowest BCUT2D eigenvalue weighted by atomic mass is 9.97. The maximum Gasteiger partial charge on any atom is 0.241 e. The average Bonchev–Trinajstić information content (AvgIpc) is 2.81. The summed E-state index contributed by atoms with van der Waals surface area (Å²) in [4.78, 5) is 29.9. The van der Waals surface area contributed by atoms with E-state index >= 15 is 0 Å². The molecule has 1 fully saturated rings. The molecule has 1 heterocycles. The van der Waals surface area contributed by atoms with E-state index in [9.17, 15) is 9.59 Å². The maximum absolute atomic E-state index is 13.0. The number of carbonyl (C=O) groups is 2. The number of hydrogen-bond acceptors (Lipinski definition) is 4. The van der Waals surface area contributed by atoms with Crippen molar-refractivity contribution in [3.05, 3.63) is 59.2 Å². The van der Waals surface area contributed by atoms with E-state index in [0.29, 0.717) is 12.5 Å². The van der Waals surface area contributed by atoms with Crippen molar-refractivity contribution in [2.75, 3.05) is 43.4 Å². The van der Waals surface area contributed by atoms with Gasteiger partial charge in [-0.25, -0.2) is 0 Å². The molecule has 2 amide bonds. The second-order valence-electron chi connectivity index (χ2n) is 9.19. The van der Waals surface area contributed by atoms with E-state index in [-0.39, 0.29) is 17.9 Å². The summed E-state index contributed by atoms with van der Waals surface area (Å²) in [6.07, 6.45) is 1.03. The molecular weight excluding hydrogens is 412 g/mol. The molecule has 0 bridgehead atoms. The quantitative estimate of drug-likeness (QED) is 0.626. The molecule has 1 aliphatic rings. The number of rotatable bonds is 8. The Morgan fingerprint density at radius 3 is 2.18 bits per heavy atom. The van der Waals surface area contributed by atoms with Gasteiger partial charge in [0, 0.05) is 37.6 Å². The van der Waals surface area contributed by atoms with Gasteiger partial charge >= 0.3 is 0 Å². The number of piperazine rings is 1. The van der Waals surface area contributed by atoms with Gasteiger partial charge in [-0.3, -0.25) is 19.4 Å². The Hall–Kier alpha value is -2.70. The Labute approximate surface area is 198 Å². The van der Waals surface area contributed by atoms with Gasteiger partial charge in [-0.05, 0) is 55.9 Å². The lowest BCUT2D eigenvalue weighted by Crippen LogP contribution is -2.53. The summed E-state index contributed by atoms with van der Waals surface area (Å²) < 4.78 is 0. The minimum Gasteiger partial charge on any atom is -0.324 e. The summed E-state index contributed by atoms with van der Waals surface area (Å²) in [5, 5.41) is 6.21. The summed E-state index contributed by atoms with van der Waals surface area (Å²) >= 11 is 0. The van der Waals surface area contributed by atoms with Crippen LogP contribution in [0.3, 0.4) is 0 Å². The summed E-state index contributed by atoms with van der Waals surface area (Å²) in [5.74, 6) is 0.426. The van der Waals surface area contributed by atoms with Crippen LogP contribution in [0.25, 0.3) is 0 Å². The SMILES string of the molecule is CC[C@H](C)c1ccccc1NC(=O)[C@H](C)N1CCN(CC(=O)Nc2c(C)cccc2C)CC1. The number of carbonyl (C=O) groups excluding carboxylic acids is 2. The summed E-state index contributed by atoms with van der Waals surface area (Å²) in [6.45, 7) is 13.7. The van der Waals surface area contributed by atoms with Gasteiger partial charge in [-0.2, -0.15) is 0 Å². The second-order valence-corrected chi connectivity index (χ2v) is 9.19. The highest BCUT2D eigenvalue weighted by atomic mass is 16.2. The standard InChI is InChI=1S/C27H38N4O2/c1-6-19(2)23-12-7-8-13-24(23)28-27(33)22(5)31-16-14-30(15-17-31)18-25(32)29-26-20(3)10-9-11-21(26)4/h7-13,19,22H,6,14-18H2,1-5H3,(H,28,33)(H,29,32)/t19-,22-/m0/s1. The number of amides is 2. The van der Waals surface area contributed by atoms with E-state index in [2.05, 4.69) is 40.3 Å². The van der Waals surface area contributed by atoms with Crippen molar-refractivity contribution in [3.8, 4) is 0 Å². The van der Waals surface area contributed by atoms with Gasteiger partial charge in [-0.15, -0.1) is 0 Å². The number of benzene rings is 2. The first-order valence-electron chi connectivity index (χ1n) is 12.0. The van der Waals surface area contributed by atoms with Crippen LogP contribution in [0.2, 0.25) is 0 Å². The van der Waals surface area contributed by atoms with Gasteiger partial charge in [0.1, 0.15) is 0 Å². The van der Waals surface area contributed by atoms with Gasteiger partial charge in [0.05, 0.1) is 12.6 Å². The lowest BCUT2D eigenvalue weighted by molar-refractivity contribution is -0.122. The Morgan fingerprint density at radius 1 is 0.909 bits per heavy atom. The molecule has 0 aromatic heterocycles. The molecule has 33 heavy (non-hydrogen) atoms. The molecule has 2 atom stereocenters. The highest BCUT2D eigenvalue weighted by molar-refractivity contribution is 5.95. The predicted molar refractivity (Wildman–Crippen MR) is 136 cm³/mol. The van der Waals surface area contributed by atoms with Crippen molar-refractivity contribution in [2.24, 2.45) is 0 Å². The molecule has 1 saturated heterocycles. The van der Waals surface area contributed by atoms with Crippen LogP contribution in [0, 0.1) is 13.8 Å². The fourth-order valence-electron chi connectivity index (χ4n) is 4.37. The Kier molecular flexibility index (Phi) is 8.64. The molecule has 1 aliphatic heterocycles. The predicted octanol–water partition coefficient (Wildman–Crippen LogP) is 4.40. The van der Waals surface area contributed by atoms with Crippen LogP contribution in [0.1, 0.15) is 49.8 Å². The number of aryl methyl sites for hydroxylation is 2. The molecule has 3 rings (SSSR count). The third kappa shape index (κ3) is 6.42. The Balaban J connectivity index is 1.50. The minimum atomic E-state index is -0.222. The molecule has 6 nitrogen and oxygen atoms in total. The van der Waals surface area contributed by atoms with Crippen LogP contribution >= 0.6 is 0 Å². The number of nitrogens with zero attached hydrogens (tertiary/aromatic N) is 2. The molecule has 0 aliphatic carbocycles. The molecule has 2 N–H and O–H groups in total. The van der Waals surface area contributed by atoms with E-state index in [1.807, 2.05) is 57.2 Å². The van der Waals surface area contributed by atoms with Crippen molar-refractivity contribution >= 4 is 23.2 Å². The number of hydrogen-bond donors (Lipinski definition) is 2. The fraction of sp³-hybridized carbons (Fsp3) is 0.481. The molecule has 0 spiro atoms. The van der Waals surface area contributed by atoms with Crippen molar-refractivity contribution < 1.29 is 9.59 Å². The van der Waals surface area contributed by atoms with Crippen LogP contribution in [0.4, 0.5) is 11.4 Å². The molecule has 178 valence electrons. The van der Waals surface area contributed by atoms with Crippen molar-refractivity contribution in [2.45, 2.75) is 53.0 Å². The molecule has 0 saturated carbocycles. The number of para-hydroxylation sites is 2. The van der Waals surface area contributed by atoms with Crippen molar-refractivity contribution in [3.63, 3.8) is 0 Å². The van der Waals surface area contributed by atoms with Gasteiger partial charge in [0.2, 0.25) is 11.8 Å². The topological polar surface area (TPSA) is 64.7 Å². The van der Waals surface area contributed by atoms with Crippen molar-refractivity contribution in [1.82, 2.24) is 9.80 Å². The van der Waals surface area contributed by atoms with Crippen LogP contribution in [-0.4, -0.2) is 60.4 Å². The molecular formula is C27H38N4O2. The van der Waals surface area contributed by atoms with Crippen LogP contribution in [-0.2, 0) is 9.59 Å². The Morgan fingerprint density at radius 2 is 1.55 bits per heavy atom. The monoisotopic (exact) mass is 450 g/mol. The van der Waals surface area contributed by atoms with Gasteiger partial charge in [0.15, 0.2) is 0 Å². The van der Waals surface area contributed by atoms with E-state index < -0.39 is 0 Å². The third-order valence-corrected chi connectivity index (χ3v) is 6.81. The molecule has 0 radical (unpaired) electrons. The lowest BCUT2D eigenvalue weighted by Gasteiger charge is -2.37. The smallest absolute Gasteiger partial charge is 0.241 e. The van der Waals surface area contributed by atoms with E-state index in [4.69, 9.17) is 0 Å². The Bertz CT molecular complexity index is 946. The van der Waals surface area contributed by atoms with E-state index in [1.165, 1.54) is 5.56 Å². The minimum absolute atomic E-state index is 0.00768. The molecule has 6 heteroatoms. The molecule has 0 unspecified atom stereocenters. The highest BCUT2D eigenvalue weighted by Gasteiger charge is 2.27. The number of nitrogens with one attached hydrogen (secondary N) is 2. The molecule has 2 aromatic rings. The zero-order chi connectivity index (χ0) is 24.0. The van der Waals surface area contributed by atoms with Gasteiger partial charge < -0.3 is 10.6 Å². The highest BCUT2D eigenvalue weighted by Crippen LogP contribution is 2.27. The van der Waals surface area contributed by atoms with Crippen molar-refractivity contribution in [1.29, 1.82) is 0 Å². The summed E-state index contributed by atoms with van der Waals surface area (Å²) in [7, 11) is 0. The largest absolute Gasteiger partial charge is 0.324 e. The van der Waals surface area contributed by atoms with Crippen LogP contribution < -0.4 is 10.6 Å². The van der Waals surface area contributed by atoms with E-state index in [0.717, 1.165) is 55.1 Å². The normalized spacial score (nSPS) is 16.8. The zero-order valence-corrected chi connectivity index (χ0v) is 20.6. The first-order valence-corrected chi connectivity index (χ1v) is 12.0. The van der Waals surface area contributed by atoms with E-state index in [1.54, 1.807) is 0 Å². The summed E-state index contributed by atoms with van der Waals surface area (Å²) in [6, 6.07) is 13.9. The number of anilines is 2. The fourth-order valence-corrected chi connectivity index (χ4v) is 4.37. The zero-order valence-electron chi connectivity index (χ0n) is 20.6. The van der Waals surface area contributed by atoms with Gasteiger partial charge in [-0.1, -0.05) is 50.2 Å². The summed E-state index contributed by atoms with van der Waals surface area (Å²) in [5.41, 5.74) is 5.14. The third-order valence-electron chi connectivity index (χ3n) is 6.81. The van der Waals surface area contributed by atoms with Crippen LogP contribution in [0.5, 0.6) is 0 Å². The van der Waals surface area contributed by atoms with Gasteiger partial charge in [0.25, 0.3) is 0 Å².